The normalized spacial score (nSPS) is 15.4. The molecule has 2 aromatic rings. The third-order valence-corrected chi connectivity index (χ3v) is 5.12. The first-order valence-electron chi connectivity index (χ1n) is 6.94. The van der Waals surface area contributed by atoms with Gasteiger partial charge in [-0.15, -0.1) is 10.2 Å². The Morgan fingerprint density at radius 1 is 1.41 bits per heavy atom. The molecule has 0 aliphatic heterocycles. The molecule has 5 nitrogen and oxygen atoms in total. The molecule has 22 heavy (non-hydrogen) atoms. The van der Waals surface area contributed by atoms with Gasteiger partial charge in [-0.1, -0.05) is 35.2 Å². The van der Waals surface area contributed by atoms with E-state index in [0.29, 0.717) is 21.2 Å². The molecule has 0 spiro atoms. The van der Waals surface area contributed by atoms with Crippen molar-refractivity contribution in [2.75, 3.05) is 5.32 Å². The van der Waals surface area contributed by atoms with Gasteiger partial charge in [0.15, 0.2) is 4.34 Å². The van der Waals surface area contributed by atoms with Crippen LogP contribution < -0.4 is 10.6 Å². The van der Waals surface area contributed by atoms with Crippen LogP contribution in [0.25, 0.3) is 0 Å². The Bertz CT molecular complexity index is 674. The van der Waals surface area contributed by atoms with Crippen LogP contribution in [0.5, 0.6) is 0 Å². The average molecular weight is 338 g/mol. The maximum Gasteiger partial charge on any atom is 0.233 e. The molecule has 3 rings (SSSR count). The number of aromatic nitrogens is 2. The van der Waals surface area contributed by atoms with Crippen LogP contribution in [0, 0.1) is 5.82 Å². The molecule has 1 fully saturated rings. The second-order valence-corrected chi connectivity index (χ2v) is 7.59. The van der Waals surface area contributed by atoms with Crippen molar-refractivity contribution in [1.29, 1.82) is 0 Å². The standard InChI is InChI=1S/C14H15FN4OS2/c1-8(12(20)16-9-6-7-9)21-14-19-18-13(22-14)17-11-5-3-2-4-10(11)15/h2-5,8-9H,6-7H2,1H3,(H,16,20)(H,17,18)/t8-/m0/s1. The van der Waals surface area contributed by atoms with Gasteiger partial charge in [0.2, 0.25) is 11.0 Å². The van der Waals surface area contributed by atoms with Gasteiger partial charge in [-0.3, -0.25) is 4.79 Å². The number of halogens is 1. The number of para-hydroxylation sites is 1. The summed E-state index contributed by atoms with van der Waals surface area (Å²) in [7, 11) is 0. The Hall–Kier alpha value is -1.67. The first-order valence-corrected chi connectivity index (χ1v) is 8.63. The van der Waals surface area contributed by atoms with E-state index in [1.54, 1.807) is 18.2 Å². The SMILES string of the molecule is C[C@H](Sc1nnc(Nc2ccccc2F)s1)C(=O)NC1CC1. The fourth-order valence-corrected chi connectivity index (χ4v) is 3.65. The van der Waals surface area contributed by atoms with E-state index in [4.69, 9.17) is 0 Å². The van der Waals surface area contributed by atoms with E-state index in [1.165, 1.54) is 29.2 Å². The van der Waals surface area contributed by atoms with Gasteiger partial charge in [0, 0.05) is 6.04 Å². The fourth-order valence-electron chi connectivity index (χ4n) is 1.74. The van der Waals surface area contributed by atoms with Crippen molar-refractivity contribution in [3.8, 4) is 0 Å². The molecule has 1 amide bonds. The zero-order valence-electron chi connectivity index (χ0n) is 11.9. The van der Waals surface area contributed by atoms with E-state index in [2.05, 4.69) is 20.8 Å². The second kappa shape index (κ2) is 6.62. The number of carbonyl (C=O) groups is 1. The number of rotatable bonds is 6. The lowest BCUT2D eigenvalue weighted by molar-refractivity contribution is -0.120. The minimum atomic E-state index is -0.343. The van der Waals surface area contributed by atoms with Crippen LogP contribution in [0.4, 0.5) is 15.2 Å². The highest BCUT2D eigenvalue weighted by atomic mass is 32.2. The van der Waals surface area contributed by atoms with Gasteiger partial charge >= 0.3 is 0 Å². The third-order valence-electron chi connectivity index (χ3n) is 3.09. The fraction of sp³-hybridized carbons (Fsp3) is 0.357. The van der Waals surface area contributed by atoms with Crippen LogP contribution in [0.2, 0.25) is 0 Å². The van der Waals surface area contributed by atoms with Crippen molar-refractivity contribution in [2.24, 2.45) is 0 Å². The molecule has 1 aliphatic rings. The van der Waals surface area contributed by atoms with Crippen LogP contribution in [0.1, 0.15) is 19.8 Å². The number of nitrogens with one attached hydrogen (secondary N) is 2. The summed E-state index contributed by atoms with van der Waals surface area (Å²) in [5, 5.41) is 14.1. The van der Waals surface area contributed by atoms with E-state index >= 15 is 0 Å². The van der Waals surface area contributed by atoms with Crippen molar-refractivity contribution >= 4 is 39.8 Å². The van der Waals surface area contributed by atoms with Crippen LogP contribution in [-0.2, 0) is 4.79 Å². The Morgan fingerprint density at radius 3 is 2.91 bits per heavy atom. The van der Waals surface area contributed by atoms with E-state index in [-0.39, 0.29) is 17.0 Å². The molecule has 1 aliphatic carbocycles. The van der Waals surface area contributed by atoms with Gasteiger partial charge < -0.3 is 10.6 Å². The number of benzene rings is 1. The van der Waals surface area contributed by atoms with Gasteiger partial charge in [0.05, 0.1) is 10.9 Å². The smallest absolute Gasteiger partial charge is 0.233 e. The van der Waals surface area contributed by atoms with Crippen molar-refractivity contribution in [2.45, 2.75) is 35.4 Å². The lowest BCUT2D eigenvalue weighted by Crippen LogP contribution is -2.32. The Morgan fingerprint density at radius 2 is 2.18 bits per heavy atom. The molecule has 0 radical (unpaired) electrons. The highest BCUT2D eigenvalue weighted by Gasteiger charge is 2.26. The summed E-state index contributed by atoms with van der Waals surface area (Å²) in [6.07, 6.45) is 2.14. The molecule has 1 aromatic heterocycles. The Balaban J connectivity index is 1.58. The third kappa shape index (κ3) is 3.95. The number of nitrogens with zero attached hydrogens (tertiary/aromatic N) is 2. The number of carbonyl (C=O) groups excluding carboxylic acids is 1. The zero-order chi connectivity index (χ0) is 15.5. The molecule has 8 heteroatoms. The van der Waals surface area contributed by atoms with Crippen LogP contribution in [-0.4, -0.2) is 27.4 Å². The molecule has 116 valence electrons. The highest BCUT2D eigenvalue weighted by molar-refractivity contribution is 8.02. The number of thioether (sulfide) groups is 1. The maximum absolute atomic E-state index is 13.6. The molecule has 0 saturated heterocycles. The highest BCUT2D eigenvalue weighted by Crippen LogP contribution is 2.31. The average Bonchev–Trinajstić information content (AvgIpc) is 3.20. The monoisotopic (exact) mass is 338 g/mol. The lowest BCUT2D eigenvalue weighted by Gasteiger charge is -2.08. The van der Waals surface area contributed by atoms with Crippen LogP contribution in [0.15, 0.2) is 28.6 Å². The summed E-state index contributed by atoms with van der Waals surface area (Å²) in [5.41, 5.74) is 0.356. The molecule has 1 atom stereocenters. The molecule has 1 aromatic carbocycles. The predicted octanol–water partition coefficient (Wildman–Crippen LogP) is 3.18. The van der Waals surface area contributed by atoms with E-state index in [1.807, 2.05) is 6.92 Å². The van der Waals surface area contributed by atoms with Gasteiger partial charge in [-0.05, 0) is 31.9 Å². The van der Waals surface area contributed by atoms with Crippen molar-refractivity contribution in [3.05, 3.63) is 30.1 Å². The van der Waals surface area contributed by atoms with E-state index in [9.17, 15) is 9.18 Å². The van der Waals surface area contributed by atoms with Crippen molar-refractivity contribution in [1.82, 2.24) is 15.5 Å². The summed E-state index contributed by atoms with van der Waals surface area (Å²) in [5.74, 6) is -0.324. The quantitative estimate of drug-likeness (QED) is 0.792. The molecular formula is C14H15FN4OS2. The Kier molecular flexibility index (Phi) is 4.58. The number of hydrogen-bond acceptors (Lipinski definition) is 6. The molecular weight excluding hydrogens is 323 g/mol. The summed E-state index contributed by atoms with van der Waals surface area (Å²) in [4.78, 5) is 11.9. The molecule has 1 heterocycles. The number of anilines is 2. The van der Waals surface area contributed by atoms with E-state index < -0.39 is 0 Å². The van der Waals surface area contributed by atoms with Gasteiger partial charge in [0.25, 0.3) is 0 Å². The molecule has 0 bridgehead atoms. The summed E-state index contributed by atoms with van der Waals surface area (Å²) in [6, 6.07) is 6.73. The molecule has 2 N–H and O–H groups in total. The topological polar surface area (TPSA) is 66.9 Å². The first-order chi connectivity index (χ1) is 10.6. The summed E-state index contributed by atoms with van der Waals surface area (Å²) < 4.78 is 14.2. The summed E-state index contributed by atoms with van der Waals surface area (Å²) in [6.45, 7) is 1.84. The minimum Gasteiger partial charge on any atom is -0.352 e. The van der Waals surface area contributed by atoms with Gasteiger partial charge in [0.1, 0.15) is 5.82 Å². The minimum absolute atomic E-state index is 0.0197. The Labute approximate surface area is 135 Å². The zero-order valence-corrected chi connectivity index (χ0v) is 13.5. The number of hydrogen-bond donors (Lipinski definition) is 2. The largest absolute Gasteiger partial charge is 0.352 e. The van der Waals surface area contributed by atoms with Crippen molar-refractivity contribution < 1.29 is 9.18 Å². The molecule has 0 unspecified atom stereocenters. The van der Waals surface area contributed by atoms with Gasteiger partial charge in [-0.25, -0.2) is 4.39 Å². The summed E-state index contributed by atoms with van der Waals surface area (Å²) >= 11 is 2.66. The van der Waals surface area contributed by atoms with Gasteiger partial charge in [-0.2, -0.15) is 0 Å². The van der Waals surface area contributed by atoms with Crippen LogP contribution in [0.3, 0.4) is 0 Å². The van der Waals surface area contributed by atoms with Crippen LogP contribution >= 0.6 is 23.1 Å². The predicted molar refractivity (Wildman–Crippen MR) is 86.1 cm³/mol. The second-order valence-electron chi connectivity index (χ2n) is 5.02. The van der Waals surface area contributed by atoms with Crippen molar-refractivity contribution in [3.63, 3.8) is 0 Å². The lowest BCUT2D eigenvalue weighted by atomic mass is 10.3. The maximum atomic E-state index is 13.6. The van der Waals surface area contributed by atoms with E-state index in [0.717, 1.165) is 12.8 Å². The first kappa shape index (κ1) is 15.2. The number of amides is 1. The molecule has 1 saturated carbocycles.